The summed E-state index contributed by atoms with van der Waals surface area (Å²) < 4.78 is 25.7. The lowest BCUT2D eigenvalue weighted by molar-refractivity contribution is 0.370. The van der Waals surface area contributed by atoms with Crippen LogP contribution in [0, 0.1) is 18.2 Å². The minimum absolute atomic E-state index is 0.0592. The van der Waals surface area contributed by atoms with Crippen LogP contribution in [0.15, 0.2) is 22.3 Å². The van der Waals surface area contributed by atoms with Gasteiger partial charge in [0.05, 0.1) is 5.02 Å². The zero-order valence-corrected chi connectivity index (χ0v) is 13.9. The Morgan fingerprint density at radius 1 is 1.64 bits per heavy atom. The number of hydrogen-bond acceptors (Lipinski definition) is 5. The highest BCUT2D eigenvalue weighted by molar-refractivity contribution is 8.00. The van der Waals surface area contributed by atoms with Gasteiger partial charge in [0.1, 0.15) is 18.0 Å². The molecule has 1 aromatic heterocycles. The van der Waals surface area contributed by atoms with Crippen molar-refractivity contribution >= 4 is 40.6 Å². The van der Waals surface area contributed by atoms with Crippen molar-refractivity contribution in [3.8, 4) is 18.1 Å². The summed E-state index contributed by atoms with van der Waals surface area (Å²) in [5.41, 5.74) is 0.153. The first-order valence-corrected chi connectivity index (χ1v) is 8.45. The van der Waals surface area contributed by atoms with Crippen LogP contribution in [0.4, 0.5) is 10.1 Å². The van der Waals surface area contributed by atoms with E-state index in [1.165, 1.54) is 23.7 Å². The average molecular weight is 356 g/mol. The van der Waals surface area contributed by atoms with E-state index in [2.05, 4.69) is 22.2 Å². The van der Waals surface area contributed by atoms with Crippen LogP contribution in [-0.2, 0) is 6.54 Å². The molecule has 2 heterocycles. The highest BCUT2D eigenvalue weighted by Gasteiger charge is 2.21. The van der Waals surface area contributed by atoms with E-state index in [4.69, 9.17) is 22.8 Å². The average Bonchev–Trinajstić information content (AvgIpc) is 3.01. The number of hydrogen-bond donors (Lipinski definition) is 0. The van der Waals surface area contributed by atoms with E-state index in [0.717, 1.165) is 11.7 Å². The molecule has 0 aliphatic carbocycles. The molecule has 0 saturated heterocycles. The topological polar surface area (TPSA) is 39.4 Å². The van der Waals surface area contributed by atoms with Gasteiger partial charge in [-0.2, -0.15) is 4.37 Å². The number of nitrogens with zero attached hydrogens (tertiary/aromatic N) is 3. The third kappa shape index (κ3) is 3.00. The molecular weight excluding hydrogens is 345 g/mol. The first-order valence-electron chi connectivity index (χ1n) is 6.41. The summed E-state index contributed by atoms with van der Waals surface area (Å²) in [6.07, 6.45) is 5.15. The van der Waals surface area contributed by atoms with Crippen LogP contribution in [0.3, 0.4) is 0 Å². The lowest BCUT2D eigenvalue weighted by Gasteiger charge is -2.06. The quantitative estimate of drug-likeness (QED) is 0.791. The standard InChI is InChI=1S/C14H11ClFN3OS2/c1-3-4-20-12-6-11(10(16)5-9(12)15)17-13-19-7-8(2)21-14(19)18-22-13/h1,5-6,8H,4,7H2,2H3. The molecule has 0 saturated carbocycles. The summed E-state index contributed by atoms with van der Waals surface area (Å²) in [7, 11) is 0. The molecule has 1 aliphatic heterocycles. The maximum Gasteiger partial charge on any atom is 0.210 e. The third-order valence-electron chi connectivity index (χ3n) is 2.94. The van der Waals surface area contributed by atoms with Crippen LogP contribution in [0.2, 0.25) is 5.02 Å². The maximum absolute atomic E-state index is 14.1. The smallest absolute Gasteiger partial charge is 0.210 e. The van der Waals surface area contributed by atoms with Crippen molar-refractivity contribution in [1.82, 2.24) is 8.94 Å². The molecule has 3 rings (SSSR count). The van der Waals surface area contributed by atoms with Gasteiger partial charge in [0, 0.05) is 29.4 Å². The van der Waals surface area contributed by atoms with Gasteiger partial charge >= 0.3 is 0 Å². The van der Waals surface area contributed by atoms with E-state index in [9.17, 15) is 4.39 Å². The third-order valence-corrected chi connectivity index (χ3v) is 5.17. The van der Waals surface area contributed by atoms with Gasteiger partial charge in [0.25, 0.3) is 0 Å². The molecule has 22 heavy (non-hydrogen) atoms. The second-order valence-electron chi connectivity index (χ2n) is 4.63. The van der Waals surface area contributed by atoms with Crippen molar-refractivity contribution in [2.75, 3.05) is 6.61 Å². The molecule has 2 aromatic rings. The van der Waals surface area contributed by atoms with Crippen molar-refractivity contribution in [2.24, 2.45) is 4.99 Å². The summed E-state index contributed by atoms with van der Waals surface area (Å²) in [6, 6.07) is 2.63. The van der Waals surface area contributed by atoms with Crippen LogP contribution < -0.4 is 9.54 Å². The second-order valence-corrected chi connectivity index (χ2v) is 7.17. The fraction of sp³-hybridized carbons (Fsp3) is 0.286. The Hall–Kier alpha value is -1.49. The van der Waals surface area contributed by atoms with E-state index < -0.39 is 5.82 Å². The van der Waals surface area contributed by atoms with E-state index >= 15 is 0 Å². The Bertz CT molecular complexity index is 824. The molecule has 0 fully saturated rings. The highest BCUT2D eigenvalue weighted by atomic mass is 35.5. The van der Waals surface area contributed by atoms with E-state index in [-0.39, 0.29) is 17.3 Å². The van der Waals surface area contributed by atoms with Gasteiger partial charge in [-0.3, -0.25) is 4.57 Å². The molecule has 0 radical (unpaired) electrons. The zero-order chi connectivity index (χ0) is 15.7. The molecule has 8 heteroatoms. The Balaban J connectivity index is 2.02. The summed E-state index contributed by atoms with van der Waals surface area (Å²) in [6.45, 7) is 2.98. The Labute approximate surface area is 140 Å². The molecule has 1 aliphatic rings. The Morgan fingerprint density at radius 2 is 2.45 bits per heavy atom. The van der Waals surface area contributed by atoms with Crippen molar-refractivity contribution < 1.29 is 9.13 Å². The van der Waals surface area contributed by atoms with Crippen molar-refractivity contribution in [1.29, 1.82) is 0 Å². The number of thioether (sulfide) groups is 1. The van der Waals surface area contributed by atoms with Crippen LogP contribution in [-0.4, -0.2) is 20.8 Å². The number of terminal acetylenes is 1. The molecule has 1 atom stereocenters. The minimum Gasteiger partial charge on any atom is -0.479 e. The summed E-state index contributed by atoms with van der Waals surface area (Å²) in [5.74, 6) is 2.14. The summed E-state index contributed by atoms with van der Waals surface area (Å²) in [5, 5.41) is 1.52. The summed E-state index contributed by atoms with van der Waals surface area (Å²) in [4.78, 5) is 5.01. The predicted molar refractivity (Wildman–Crippen MR) is 86.4 cm³/mol. The van der Waals surface area contributed by atoms with E-state index in [1.807, 2.05) is 4.57 Å². The molecule has 114 valence electrons. The predicted octanol–water partition coefficient (Wildman–Crippen LogP) is 3.48. The van der Waals surface area contributed by atoms with Gasteiger partial charge in [0.15, 0.2) is 11.0 Å². The fourth-order valence-electron chi connectivity index (χ4n) is 1.99. The normalized spacial score (nSPS) is 17.4. The Kier molecular flexibility index (Phi) is 4.43. The molecule has 0 N–H and O–H groups in total. The molecule has 1 unspecified atom stereocenters. The first-order chi connectivity index (χ1) is 10.6. The summed E-state index contributed by atoms with van der Waals surface area (Å²) >= 11 is 8.86. The van der Waals surface area contributed by atoms with Gasteiger partial charge in [0.2, 0.25) is 4.80 Å². The van der Waals surface area contributed by atoms with E-state index in [0.29, 0.717) is 15.8 Å². The SMILES string of the molecule is C#CCOc1cc(N=c2snc3n2CC(C)S3)c(F)cc1Cl. The maximum atomic E-state index is 14.1. The van der Waals surface area contributed by atoms with Crippen molar-refractivity contribution in [3.63, 3.8) is 0 Å². The largest absolute Gasteiger partial charge is 0.479 e. The number of rotatable bonds is 3. The van der Waals surface area contributed by atoms with Gasteiger partial charge in [-0.05, 0) is 6.07 Å². The molecule has 1 aromatic carbocycles. The molecular formula is C14H11ClFN3OS2. The number of halogens is 2. The van der Waals surface area contributed by atoms with Crippen molar-refractivity contribution in [2.45, 2.75) is 23.9 Å². The number of benzene rings is 1. The minimum atomic E-state index is -0.514. The Morgan fingerprint density at radius 3 is 3.23 bits per heavy atom. The van der Waals surface area contributed by atoms with Gasteiger partial charge in [-0.15, -0.1) is 6.42 Å². The second kappa shape index (κ2) is 6.32. The van der Waals surface area contributed by atoms with Crippen LogP contribution >= 0.6 is 34.9 Å². The fourth-order valence-corrected chi connectivity index (χ4v) is 4.07. The monoisotopic (exact) mass is 355 g/mol. The van der Waals surface area contributed by atoms with Gasteiger partial charge in [-0.25, -0.2) is 9.38 Å². The molecule has 0 amide bonds. The van der Waals surface area contributed by atoms with Crippen LogP contribution in [0.25, 0.3) is 0 Å². The lowest BCUT2D eigenvalue weighted by Crippen LogP contribution is -2.15. The van der Waals surface area contributed by atoms with E-state index in [1.54, 1.807) is 11.8 Å². The zero-order valence-electron chi connectivity index (χ0n) is 11.5. The number of fused-ring (bicyclic) bond motifs is 1. The molecule has 0 bridgehead atoms. The van der Waals surface area contributed by atoms with Gasteiger partial charge < -0.3 is 4.74 Å². The first kappa shape index (κ1) is 15.4. The lowest BCUT2D eigenvalue weighted by atomic mass is 10.3. The highest BCUT2D eigenvalue weighted by Crippen LogP contribution is 2.33. The molecule has 0 spiro atoms. The van der Waals surface area contributed by atoms with Crippen LogP contribution in [0.1, 0.15) is 6.92 Å². The molecule has 4 nitrogen and oxygen atoms in total. The number of ether oxygens (including phenoxy) is 1. The van der Waals surface area contributed by atoms with Crippen LogP contribution in [0.5, 0.6) is 5.75 Å². The number of aromatic nitrogens is 2. The van der Waals surface area contributed by atoms with Gasteiger partial charge in [-0.1, -0.05) is 36.2 Å². The van der Waals surface area contributed by atoms with Crippen molar-refractivity contribution in [3.05, 3.63) is 27.8 Å².